The standard InChI is InChI=1S/C19H27ClN2O5S/c1-22(2)28(25,26)15-10-11-17(20)16(12-15)19(24)27-13-18(23)21-14-8-6-4-3-5-7-9-14/h10-12,14H,3-9,13H2,1-2H3,(H,21,23). The van der Waals surface area contributed by atoms with E-state index in [9.17, 15) is 18.0 Å². The van der Waals surface area contributed by atoms with Crippen LogP contribution in [0.1, 0.15) is 55.3 Å². The highest BCUT2D eigenvalue weighted by molar-refractivity contribution is 7.89. The number of carbonyl (C=O) groups excluding carboxylic acids is 2. The first kappa shape index (κ1) is 22.6. The van der Waals surface area contributed by atoms with E-state index in [1.807, 2.05) is 0 Å². The number of rotatable bonds is 6. The fourth-order valence-electron chi connectivity index (χ4n) is 3.11. The zero-order chi connectivity index (χ0) is 20.7. The number of amides is 1. The number of esters is 1. The summed E-state index contributed by atoms with van der Waals surface area (Å²) in [4.78, 5) is 24.4. The van der Waals surface area contributed by atoms with Gasteiger partial charge in [-0.2, -0.15) is 0 Å². The lowest BCUT2D eigenvalue weighted by Crippen LogP contribution is -2.38. The maximum Gasteiger partial charge on any atom is 0.340 e. The van der Waals surface area contributed by atoms with Gasteiger partial charge in [-0.1, -0.05) is 43.7 Å². The van der Waals surface area contributed by atoms with Gasteiger partial charge in [-0.3, -0.25) is 4.79 Å². The third kappa shape index (κ3) is 6.18. The Kier molecular flexibility index (Phi) is 8.27. The molecule has 0 unspecified atom stereocenters. The maximum atomic E-state index is 12.3. The van der Waals surface area contributed by atoms with Crippen molar-refractivity contribution in [2.75, 3.05) is 20.7 Å². The Morgan fingerprint density at radius 3 is 2.36 bits per heavy atom. The van der Waals surface area contributed by atoms with Crippen molar-refractivity contribution in [2.24, 2.45) is 0 Å². The minimum absolute atomic E-state index is 0.0585. The fraction of sp³-hybridized carbons (Fsp3) is 0.579. The van der Waals surface area contributed by atoms with Gasteiger partial charge in [0.05, 0.1) is 15.5 Å². The van der Waals surface area contributed by atoms with Crippen molar-refractivity contribution >= 4 is 33.5 Å². The number of hydrogen-bond donors (Lipinski definition) is 1. The molecule has 1 aromatic carbocycles. The summed E-state index contributed by atoms with van der Waals surface area (Å²) in [5.74, 6) is -1.21. The summed E-state index contributed by atoms with van der Waals surface area (Å²) in [6, 6.07) is 3.90. The lowest BCUT2D eigenvalue weighted by molar-refractivity contribution is -0.125. The summed E-state index contributed by atoms with van der Waals surface area (Å²) in [6.45, 7) is -0.434. The van der Waals surface area contributed by atoms with Gasteiger partial charge in [0.2, 0.25) is 10.0 Å². The Balaban J connectivity index is 1.97. The Bertz CT molecular complexity index is 803. The van der Waals surface area contributed by atoms with E-state index in [-0.39, 0.29) is 27.4 Å². The van der Waals surface area contributed by atoms with Gasteiger partial charge in [0.15, 0.2) is 6.61 Å². The first-order valence-electron chi connectivity index (χ1n) is 9.40. The van der Waals surface area contributed by atoms with Crippen molar-refractivity contribution in [3.63, 3.8) is 0 Å². The van der Waals surface area contributed by atoms with Crippen LogP contribution in [-0.4, -0.2) is 51.3 Å². The first-order chi connectivity index (χ1) is 13.2. The van der Waals surface area contributed by atoms with Gasteiger partial charge >= 0.3 is 5.97 Å². The number of nitrogens with zero attached hydrogens (tertiary/aromatic N) is 1. The van der Waals surface area contributed by atoms with Crippen molar-refractivity contribution in [3.05, 3.63) is 28.8 Å². The monoisotopic (exact) mass is 430 g/mol. The third-order valence-electron chi connectivity index (χ3n) is 4.74. The van der Waals surface area contributed by atoms with E-state index in [0.717, 1.165) is 36.1 Å². The molecule has 1 fully saturated rings. The number of hydrogen-bond acceptors (Lipinski definition) is 5. The van der Waals surface area contributed by atoms with E-state index < -0.39 is 22.6 Å². The van der Waals surface area contributed by atoms with E-state index in [2.05, 4.69) is 5.32 Å². The molecular weight excluding hydrogens is 404 g/mol. The topological polar surface area (TPSA) is 92.8 Å². The highest BCUT2D eigenvalue weighted by atomic mass is 35.5. The van der Waals surface area contributed by atoms with E-state index >= 15 is 0 Å². The molecule has 1 saturated carbocycles. The van der Waals surface area contributed by atoms with Crippen LogP contribution in [0.4, 0.5) is 0 Å². The molecule has 0 aliphatic heterocycles. The third-order valence-corrected chi connectivity index (χ3v) is 6.88. The van der Waals surface area contributed by atoms with Crippen LogP contribution >= 0.6 is 11.6 Å². The van der Waals surface area contributed by atoms with Gasteiger partial charge in [-0.25, -0.2) is 17.5 Å². The minimum Gasteiger partial charge on any atom is -0.452 e. The molecule has 0 aromatic heterocycles. The average Bonchev–Trinajstić information content (AvgIpc) is 2.62. The summed E-state index contributed by atoms with van der Waals surface area (Å²) in [5.41, 5.74) is -0.0941. The molecule has 2 rings (SSSR count). The van der Waals surface area contributed by atoms with Gasteiger partial charge in [-0.15, -0.1) is 0 Å². The predicted molar refractivity (Wildman–Crippen MR) is 107 cm³/mol. The molecule has 0 saturated heterocycles. The van der Waals surface area contributed by atoms with Gasteiger partial charge in [-0.05, 0) is 31.0 Å². The first-order valence-corrected chi connectivity index (χ1v) is 11.2. The molecule has 0 spiro atoms. The molecular formula is C19H27ClN2O5S. The summed E-state index contributed by atoms with van der Waals surface area (Å²) < 4.78 is 30.5. The molecule has 1 N–H and O–H groups in total. The Morgan fingerprint density at radius 2 is 1.75 bits per heavy atom. The molecule has 1 aliphatic rings. The Labute approximate surface area is 171 Å². The number of benzene rings is 1. The van der Waals surface area contributed by atoms with E-state index in [1.54, 1.807) is 0 Å². The van der Waals surface area contributed by atoms with Crippen LogP contribution in [0.3, 0.4) is 0 Å². The van der Waals surface area contributed by atoms with Crippen LogP contribution in [0.5, 0.6) is 0 Å². The summed E-state index contributed by atoms with van der Waals surface area (Å²) >= 11 is 6.02. The largest absolute Gasteiger partial charge is 0.452 e. The summed E-state index contributed by atoms with van der Waals surface area (Å²) in [7, 11) is -0.938. The van der Waals surface area contributed by atoms with Crippen LogP contribution in [0.15, 0.2) is 23.1 Å². The number of ether oxygens (including phenoxy) is 1. The summed E-state index contributed by atoms with van der Waals surface area (Å²) in [6.07, 6.45) is 7.59. The fourth-order valence-corrected chi connectivity index (χ4v) is 4.23. The van der Waals surface area contributed by atoms with Crippen molar-refractivity contribution in [1.29, 1.82) is 0 Å². The SMILES string of the molecule is CN(C)S(=O)(=O)c1ccc(Cl)c(C(=O)OCC(=O)NC2CCCCCCC2)c1. The number of nitrogens with one attached hydrogen (secondary N) is 1. The Hall–Kier alpha value is -1.64. The number of carbonyl (C=O) groups is 2. The molecule has 0 bridgehead atoms. The zero-order valence-corrected chi connectivity index (χ0v) is 17.8. The predicted octanol–water partition coefficient (Wildman–Crippen LogP) is 2.98. The van der Waals surface area contributed by atoms with Crippen molar-refractivity contribution in [1.82, 2.24) is 9.62 Å². The smallest absolute Gasteiger partial charge is 0.340 e. The van der Waals surface area contributed by atoms with Gasteiger partial charge < -0.3 is 10.1 Å². The van der Waals surface area contributed by atoms with Crippen molar-refractivity contribution in [3.8, 4) is 0 Å². The second-order valence-electron chi connectivity index (χ2n) is 7.11. The molecule has 1 aliphatic carbocycles. The molecule has 1 amide bonds. The zero-order valence-electron chi connectivity index (χ0n) is 16.2. The highest BCUT2D eigenvalue weighted by Gasteiger charge is 2.22. The molecule has 156 valence electrons. The second kappa shape index (κ2) is 10.2. The van der Waals surface area contributed by atoms with Crippen LogP contribution in [0.25, 0.3) is 0 Å². The molecule has 0 radical (unpaired) electrons. The second-order valence-corrected chi connectivity index (χ2v) is 9.67. The maximum absolute atomic E-state index is 12.3. The molecule has 28 heavy (non-hydrogen) atoms. The minimum atomic E-state index is -3.72. The molecule has 9 heteroatoms. The molecule has 1 aromatic rings. The number of halogens is 1. The van der Waals surface area contributed by atoms with Crippen molar-refractivity contribution < 1.29 is 22.7 Å². The van der Waals surface area contributed by atoms with E-state index in [0.29, 0.717) is 0 Å². The molecule has 0 heterocycles. The number of sulfonamides is 1. The lowest BCUT2D eigenvalue weighted by atomic mass is 9.97. The normalized spacial score (nSPS) is 16.3. The quantitative estimate of drug-likeness (QED) is 0.700. The highest BCUT2D eigenvalue weighted by Crippen LogP contribution is 2.23. The van der Waals surface area contributed by atoms with Crippen molar-refractivity contribution in [2.45, 2.75) is 55.9 Å². The van der Waals surface area contributed by atoms with Crippen LogP contribution in [0, 0.1) is 0 Å². The van der Waals surface area contributed by atoms with Crippen LogP contribution in [-0.2, 0) is 19.6 Å². The van der Waals surface area contributed by atoms with Gasteiger partial charge in [0, 0.05) is 20.1 Å². The van der Waals surface area contributed by atoms with Crippen LogP contribution < -0.4 is 5.32 Å². The van der Waals surface area contributed by atoms with E-state index in [1.165, 1.54) is 45.5 Å². The van der Waals surface area contributed by atoms with Crippen LogP contribution in [0.2, 0.25) is 5.02 Å². The average molecular weight is 431 g/mol. The van der Waals surface area contributed by atoms with Gasteiger partial charge in [0.1, 0.15) is 0 Å². The summed E-state index contributed by atoms with van der Waals surface area (Å²) in [5, 5.41) is 2.97. The Morgan fingerprint density at radius 1 is 1.14 bits per heavy atom. The van der Waals surface area contributed by atoms with Gasteiger partial charge in [0.25, 0.3) is 5.91 Å². The molecule has 7 nitrogen and oxygen atoms in total. The van der Waals surface area contributed by atoms with E-state index in [4.69, 9.17) is 16.3 Å². The molecule has 0 atom stereocenters. The lowest BCUT2D eigenvalue weighted by Gasteiger charge is -2.21.